The van der Waals surface area contributed by atoms with E-state index in [4.69, 9.17) is 5.11 Å². The van der Waals surface area contributed by atoms with Crippen LogP contribution in [0.1, 0.15) is 31.4 Å². The molecule has 4 nitrogen and oxygen atoms in total. The summed E-state index contributed by atoms with van der Waals surface area (Å²) < 4.78 is 38.0. The van der Waals surface area contributed by atoms with E-state index in [0.29, 0.717) is 5.56 Å². The lowest BCUT2D eigenvalue weighted by molar-refractivity contribution is -0.138. The summed E-state index contributed by atoms with van der Waals surface area (Å²) in [5.74, 6) is -1.96. The standard InChI is InChI=1S/C16H20F3NO3/c1-10(6-14(21)22)9-20-15(23)11(2)7-12-4-3-5-13(8-12)16(17,18)19/h3-5,8,10-11H,6-7,9H2,1-2H3,(H,20,23)(H,21,22). The van der Waals surface area contributed by atoms with Gasteiger partial charge in [0.1, 0.15) is 0 Å². The predicted octanol–water partition coefficient (Wildman–Crippen LogP) is 3.11. The SMILES string of the molecule is CC(CNC(=O)C(C)Cc1cccc(C(F)(F)F)c1)CC(=O)O. The van der Waals surface area contributed by atoms with Crippen molar-refractivity contribution in [2.75, 3.05) is 6.54 Å². The van der Waals surface area contributed by atoms with E-state index in [2.05, 4.69) is 5.32 Å². The lowest BCUT2D eigenvalue weighted by atomic mass is 9.98. The topological polar surface area (TPSA) is 66.4 Å². The number of hydrogen-bond acceptors (Lipinski definition) is 2. The van der Waals surface area contributed by atoms with Crippen LogP contribution in [0.15, 0.2) is 24.3 Å². The molecule has 1 aromatic rings. The molecule has 0 fully saturated rings. The third-order valence-corrected chi connectivity index (χ3v) is 3.39. The van der Waals surface area contributed by atoms with Crippen molar-refractivity contribution in [2.24, 2.45) is 11.8 Å². The molecule has 0 bridgehead atoms. The van der Waals surface area contributed by atoms with Crippen LogP contribution < -0.4 is 5.32 Å². The van der Waals surface area contributed by atoms with E-state index in [1.807, 2.05) is 0 Å². The molecule has 0 radical (unpaired) electrons. The Morgan fingerprint density at radius 2 is 1.91 bits per heavy atom. The van der Waals surface area contributed by atoms with Gasteiger partial charge < -0.3 is 10.4 Å². The molecule has 0 aliphatic carbocycles. The summed E-state index contributed by atoms with van der Waals surface area (Å²) >= 11 is 0. The largest absolute Gasteiger partial charge is 0.481 e. The molecule has 2 N–H and O–H groups in total. The summed E-state index contributed by atoms with van der Waals surface area (Å²) in [5, 5.41) is 11.3. The Morgan fingerprint density at radius 1 is 1.26 bits per heavy atom. The Morgan fingerprint density at radius 3 is 2.48 bits per heavy atom. The molecule has 23 heavy (non-hydrogen) atoms. The molecular weight excluding hydrogens is 311 g/mol. The van der Waals surface area contributed by atoms with Crippen LogP contribution in [0.2, 0.25) is 0 Å². The number of carbonyl (C=O) groups excluding carboxylic acids is 1. The molecule has 0 spiro atoms. The van der Waals surface area contributed by atoms with Gasteiger partial charge in [-0.1, -0.05) is 32.0 Å². The van der Waals surface area contributed by atoms with E-state index in [0.717, 1.165) is 12.1 Å². The minimum Gasteiger partial charge on any atom is -0.481 e. The Kier molecular flexibility index (Phi) is 6.60. The molecule has 2 unspecified atom stereocenters. The van der Waals surface area contributed by atoms with Gasteiger partial charge in [-0.05, 0) is 24.0 Å². The number of nitrogens with one attached hydrogen (secondary N) is 1. The van der Waals surface area contributed by atoms with Crippen LogP contribution in [-0.4, -0.2) is 23.5 Å². The van der Waals surface area contributed by atoms with Crippen LogP contribution in [0.25, 0.3) is 0 Å². The maximum atomic E-state index is 12.7. The van der Waals surface area contributed by atoms with E-state index in [1.165, 1.54) is 6.07 Å². The average molecular weight is 331 g/mol. The number of hydrogen-bond donors (Lipinski definition) is 2. The third kappa shape index (κ3) is 6.71. The van der Waals surface area contributed by atoms with Crippen LogP contribution >= 0.6 is 0 Å². The number of carboxylic acid groups (broad SMARTS) is 1. The van der Waals surface area contributed by atoms with E-state index >= 15 is 0 Å². The molecule has 7 heteroatoms. The fourth-order valence-corrected chi connectivity index (χ4v) is 2.14. The molecule has 0 aromatic heterocycles. The number of rotatable bonds is 7. The molecule has 0 heterocycles. The van der Waals surface area contributed by atoms with Crippen molar-refractivity contribution in [3.63, 3.8) is 0 Å². The summed E-state index contributed by atoms with van der Waals surface area (Å²) in [7, 11) is 0. The molecule has 1 amide bonds. The third-order valence-electron chi connectivity index (χ3n) is 3.39. The average Bonchev–Trinajstić information content (AvgIpc) is 2.43. The fourth-order valence-electron chi connectivity index (χ4n) is 2.14. The van der Waals surface area contributed by atoms with Gasteiger partial charge in [0, 0.05) is 18.9 Å². The van der Waals surface area contributed by atoms with Crippen LogP contribution in [0.4, 0.5) is 13.2 Å². The zero-order valence-electron chi connectivity index (χ0n) is 13.0. The van der Waals surface area contributed by atoms with Crippen molar-refractivity contribution in [1.29, 1.82) is 0 Å². The minimum atomic E-state index is -4.41. The van der Waals surface area contributed by atoms with Gasteiger partial charge in [-0.3, -0.25) is 9.59 Å². The highest BCUT2D eigenvalue weighted by atomic mass is 19.4. The molecule has 1 aromatic carbocycles. The normalized spacial score (nSPS) is 14.1. The molecule has 2 atom stereocenters. The first-order valence-corrected chi connectivity index (χ1v) is 7.25. The highest BCUT2D eigenvalue weighted by Gasteiger charge is 2.30. The van der Waals surface area contributed by atoms with Gasteiger partial charge in [0.25, 0.3) is 0 Å². The summed E-state index contributed by atoms with van der Waals surface area (Å²) in [6.07, 6.45) is -4.28. The highest BCUT2D eigenvalue weighted by Crippen LogP contribution is 2.29. The molecular formula is C16H20F3NO3. The number of halogens is 3. The van der Waals surface area contributed by atoms with Crippen molar-refractivity contribution in [1.82, 2.24) is 5.32 Å². The molecule has 0 aliphatic heterocycles. The van der Waals surface area contributed by atoms with Gasteiger partial charge in [-0.2, -0.15) is 13.2 Å². The first-order valence-electron chi connectivity index (χ1n) is 7.25. The maximum absolute atomic E-state index is 12.7. The number of amides is 1. The number of carbonyl (C=O) groups is 2. The number of benzene rings is 1. The Hall–Kier alpha value is -2.05. The lowest BCUT2D eigenvalue weighted by Crippen LogP contribution is -2.34. The van der Waals surface area contributed by atoms with Crippen molar-refractivity contribution < 1.29 is 27.9 Å². The zero-order chi connectivity index (χ0) is 17.6. The number of alkyl halides is 3. The van der Waals surface area contributed by atoms with Crippen molar-refractivity contribution in [2.45, 2.75) is 32.9 Å². The van der Waals surface area contributed by atoms with Crippen molar-refractivity contribution >= 4 is 11.9 Å². The molecule has 0 saturated heterocycles. The van der Waals surface area contributed by atoms with E-state index in [1.54, 1.807) is 19.9 Å². The molecule has 1 rings (SSSR count). The fraction of sp³-hybridized carbons (Fsp3) is 0.500. The molecule has 0 aliphatic rings. The van der Waals surface area contributed by atoms with E-state index < -0.39 is 23.6 Å². The van der Waals surface area contributed by atoms with E-state index in [9.17, 15) is 22.8 Å². The van der Waals surface area contributed by atoms with Crippen LogP contribution in [-0.2, 0) is 22.2 Å². The van der Waals surface area contributed by atoms with Gasteiger partial charge in [-0.25, -0.2) is 0 Å². The monoisotopic (exact) mass is 331 g/mol. The molecule has 0 saturated carbocycles. The van der Waals surface area contributed by atoms with E-state index in [-0.39, 0.29) is 31.2 Å². The Balaban J connectivity index is 2.57. The van der Waals surface area contributed by atoms with Crippen molar-refractivity contribution in [3.05, 3.63) is 35.4 Å². The maximum Gasteiger partial charge on any atom is 0.416 e. The first-order chi connectivity index (χ1) is 10.6. The quantitative estimate of drug-likeness (QED) is 0.807. The summed E-state index contributed by atoms with van der Waals surface area (Å²) in [5.41, 5.74) is -0.307. The van der Waals surface area contributed by atoms with Gasteiger partial charge in [0.2, 0.25) is 5.91 Å². The van der Waals surface area contributed by atoms with Crippen LogP contribution in [0.3, 0.4) is 0 Å². The van der Waals surface area contributed by atoms with Gasteiger partial charge in [0.05, 0.1) is 5.56 Å². The lowest BCUT2D eigenvalue weighted by Gasteiger charge is -2.15. The summed E-state index contributed by atoms with van der Waals surface area (Å²) in [6.45, 7) is 3.54. The first kappa shape index (κ1) is 19.0. The number of aliphatic carboxylic acids is 1. The van der Waals surface area contributed by atoms with Crippen molar-refractivity contribution in [3.8, 4) is 0 Å². The summed E-state index contributed by atoms with van der Waals surface area (Å²) in [6, 6.07) is 4.89. The zero-order valence-corrected chi connectivity index (χ0v) is 13.0. The second kappa shape index (κ2) is 7.99. The molecule has 128 valence electrons. The summed E-state index contributed by atoms with van der Waals surface area (Å²) in [4.78, 5) is 22.5. The van der Waals surface area contributed by atoms with Crippen LogP contribution in [0, 0.1) is 11.8 Å². The number of carboxylic acids is 1. The second-order valence-corrected chi connectivity index (χ2v) is 5.75. The van der Waals surface area contributed by atoms with Gasteiger partial charge >= 0.3 is 12.1 Å². The minimum absolute atomic E-state index is 0.0533. The van der Waals surface area contributed by atoms with Crippen LogP contribution in [0.5, 0.6) is 0 Å². The smallest absolute Gasteiger partial charge is 0.416 e. The second-order valence-electron chi connectivity index (χ2n) is 5.75. The predicted molar refractivity (Wildman–Crippen MR) is 78.7 cm³/mol. The van der Waals surface area contributed by atoms with Gasteiger partial charge in [-0.15, -0.1) is 0 Å². The highest BCUT2D eigenvalue weighted by molar-refractivity contribution is 5.78. The van der Waals surface area contributed by atoms with Gasteiger partial charge in [0.15, 0.2) is 0 Å². The Labute approximate surface area is 132 Å². The Bertz CT molecular complexity index is 558.